The van der Waals surface area contributed by atoms with Gasteiger partial charge in [0.2, 0.25) is 5.16 Å². The molecule has 0 saturated heterocycles. The van der Waals surface area contributed by atoms with Crippen LogP contribution in [0, 0.1) is 0 Å². The number of benzene rings is 2. The van der Waals surface area contributed by atoms with Gasteiger partial charge in [0.15, 0.2) is 5.82 Å². The SMILES string of the molecule is COc1ccc(C2=CSc3nnc(-c4cccc(OC(C)C)c4)n3N2)cc1. The van der Waals surface area contributed by atoms with E-state index in [0.29, 0.717) is 0 Å². The van der Waals surface area contributed by atoms with Gasteiger partial charge in [0.05, 0.1) is 18.9 Å². The molecule has 7 heteroatoms. The van der Waals surface area contributed by atoms with E-state index in [1.807, 2.05) is 72.5 Å². The Kier molecular flexibility index (Phi) is 4.77. The van der Waals surface area contributed by atoms with Crippen molar-refractivity contribution in [3.8, 4) is 22.9 Å². The number of hydrogen-bond acceptors (Lipinski definition) is 6. The van der Waals surface area contributed by atoms with Crippen molar-refractivity contribution in [1.82, 2.24) is 14.9 Å². The Labute approximate surface area is 162 Å². The highest BCUT2D eigenvalue weighted by Crippen LogP contribution is 2.32. The van der Waals surface area contributed by atoms with Crippen molar-refractivity contribution < 1.29 is 9.47 Å². The molecule has 0 saturated carbocycles. The summed E-state index contributed by atoms with van der Waals surface area (Å²) in [4.78, 5) is 0. The molecule has 0 bridgehead atoms. The zero-order chi connectivity index (χ0) is 18.8. The average molecular weight is 380 g/mol. The van der Waals surface area contributed by atoms with Gasteiger partial charge in [-0.3, -0.25) is 5.43 Å². The number of rotatable bonds is 5. The largest absolute Gasteiger partial charge is 0.497 e. The van der Waals surface area contributed by atoms with Crippen LogP contribution in [0.15, 0.2) is 59.1 Å². The highest BCUT2D eigenvalue weighted by atomic mass is 32.2. The van der Waals surface area contributed by atoms with Gasteiger partial charge in [-0.25, -0.2) is 4.68 Å². The van der Waals surface area contributed by atoms with E-state index in [1.54, 1.807) is 7.11 Å². The Bertz CT molecular complexity index is 980. The Balaban J connectivity index is 1.63. The molecule has 0 amide bonds. The Morgan fingerprint density at radius 1 is 1.00 bits per heavy atom. The zero-order valence-corrected chi connectivity index (χ0v) is 16.2. The highest BCUT2D eigenvalue weighted by Gasteiger charge is 2.20. The Hall–Kier alpha value is -2.93. The lowest BCUT2D eigenvalue weighted by Gasteiger charge is -2.19. The second kappa shape index (κ2) is 7.36. The molecule has 2 aromatic carbocycles. The lowest BCUT2D eigenvalue weighted by atomic mass is 10.2. The predicted molar refractivity (Wildman–Crippen MR) is 107 cm³/mol. The predicted octanol–water partition coefficient (Wildman–Crippen LogP) is 4.39. The third kappa shape index (κ3) is 3.64. The second-order valence-corrected chi connectivity index (χ2v) is 7.16. The molecule has 1 aliphatic rings. The number of ether oxygens (including phenoxy) is 2. The molecule has 0 unspecified atom stereocenters. The first-order chi connectivity index (χ1) is 13.1. The van der Waals surface area contributed by atoms with E-state index < -0.39 is 0 Å². The van der Waals surface area contributed by atoms with Gasteiger partial charge in [-0.15, -0.1) is 10.2 Å². The van der Waals surface area contributed by atoms with E-state index in [2.05, 4.69) is 15.6 Å². The summed E-state index contributed by atoms with van der Waals surface area (Å²) in [5.41, 5.74) is 6.39. The molecule has 0 radical (unpaired) electrons. The molecule has 0 atom stereocenters. The van der Waals surface area contributed by atoms with Gasteiger partial charge in [0, 0.05) is 16.5 Å². The van der Waals surface area contributed by atoms with Gasteiger partial charge in [-0.1, -0.05) is 23.9 Å². The lowest BCUT2D eigenvalue weighted by molar-refractivity contribution is 0.242. The van der Waals surface area contributed by atoms with Crippen molar-refractivity contribution in [2.24, 2.45) is 0 Å². The Morgan fingerprint density at radius 3 is 2.56 bits per heavy atom. The summed E-state index contributed by atoms with van der Waals surface area (Å²) < 4.78 is 12.9. The first-order valence-corrected chi connectivity index (χ1v) is 9.53. The molecule has 1 aromatic heterocycles. The first kappa shape index (κ1) is 17.5. The fourth-order valence-electron chi connectivity index (χ4n) is 2.78. The number of thioether (sulfide) groups is 1. The number of methoxy groups -OCH3 is 1. The van der Waals surface area contributed by atoms with Crippen LogP contribution >= 0.6 is 11.8 Å². The van der Waals surface area contributed by atoms with Crippen molar-refractivity contribution in [2.45, 2.75) is 25.1 Å². The summed E-state index contributed by atoms with van der Waals surface area (Å²) in [6, 6.07) is 15.8. The van der Waals surface area contributed by atoms with Crippen LogP contribution < -0.4 is 14.9 Å². The summed E-state index contributed by atoms with van der Waals surface area (Å²) in [6.07, 6.45) is 0.117. The van der Waals surface area contributed by atoms with Crippen LogP contribution in [0.1, 0.15) is 19.4 Å². The maximum absolute atomic E-state index is 5.80. The fourth-order valence-corrected chi connectivity index (χ4v) is 3.51. The van der Waals surface area contributed by atoms with E-state index in [0.717, 1.165) is 39.3 Å². The minimum atomic E-state index is 0.117. The van der Waals surface area contributed by atoms with Gasteiger partial charge in [0.25, 0.3) is 0 Å². The summed E-state index contributed by atoms with van der Waals surface area (Å²) in [5.74, 6) is 2.38. The van der Waals surface area contributed by atoms with Gasteiger partial charge in [0.1, 0.15) is 11.5 Å². The fraction of sp³-hybridized carbons (Fsp3) is 0.200. The smallest absolute Gasteiger partial charge is 0.214 e. The maximum atomic E-state index is 5.80. The third-order valence-electron chi connectivity index (χ3n) is 4.01. The molecular weight excluding hydrogens is 360 g/mol. The second-order valence-electron chi connectivity index (χ2n) is 6.33. The summed E-state index contributed by atoms with van der Waals surface area (Å²) >= 11 is 1.53. The van der Waals surface area contributed by atoms with Crippen molar-refractivity contribution in [3.63, 3.8) is 0 Å². The van der Waals surface area contributed by atoms with Gasteiger partial charge < -0.3 is 9.47 Å². The van der Waals surface area contributed by atoms with E-state index in [9.17, 15) is 0 Å². The number of nitrogens with one attached hydrogen (secondary N) is 1. The van der Waals surface area contributed by atoms with Crippen LogP contribution in [0.5, 0.6) is 11.5 Å². The topological polar surface area (TPSA) is 61.2 Å². The molecule has 1 aliphatic heterocycles. The normalized spacial score (nSPS) is 13.0. The molecule has 27 heavy (non-hydrogen) atoms. The third-order valence-corrected chi connectivity index (χ3v) is 4.84. The quantitative estimate of drug-likeness (QED) is 0.708. The van der Waals surface area contributed by atoms with Crippen LogP contribution in [0.3, 0.4) is 0 Å². The van der Waals surface area contributed by atoms with Gasteiger partial charge in [-0.2, -0.15) is 0 Å². The van der Waals surface area contributed by atoms with Crippen LogP contribution in [0.4, 0.5) is 0 Å². The summed E-state index contributed by atoms with van der Waals surface area (Å²) in [5, 5.41) is 11.5. The molecule has 0 fully saturated rings. The van der Waals surface area contributed by atoms with Crippen molar-refractivity contribution in [3.05, 3.63) is 59.5 Å². The van der Waals surface area contributed by atoms with Crippen LogP contribution in [0.2, 0.25) is 0 Å². The zero-order valence-electron chi connectivity index (χ0n) is 15.3. The molecule has 4 rings (SSSR count). The van der Waals surface area contributed by atoms with Crippen LogP contribution in [0.25, 0.3) is 17.1 Å². The minimum Gasteiger partial charge on any atom is -0.497 e. The average Bonchev–Trinajstić information content (AvgIpc) is 3.11. The minimum absolute atomic E-state index is 0.117. The molecule has 2 heterocycles. The van der Waals surface area contributed by atoms with Crippen molar-refractivity contribution >= 4 is 17.5 Å². The molecule has 1 N–H and O–H groups in total. The van der Waals surface area contributed by atoms with E-state index in [-0.39, 0.29) is 6.10 Å². The van der Waals surface area contributed by atoms with Crippen molar-refractivity contribution in [2.75, 3.05) is 12.5 Å². The number of nitrogens with zero attached hydrogens (tertiary/aromatic N) is 3. The summed E-state index contributed by atoms with van der Waals surface area (Å²) in [6.45, 7) is 4.02. The molecule has 0 aliphatic carbocycles. The lowest BCUT2D eigenvalue weighted by Crippen LogP contribution is -2.18. The molecule has 3 aromatic rings. The highest BCUT2D eigenvalue weighted by molar-refractivity contribution is 8.02. The maximum Gasteiger partial charge on any atom is 0.214 e. The van der Waals surface area contributed by atoms with E-state index >= 15 is 0 Å². The Morgan fingerprint density at radius 2 is 1.81 bits per heavy atom. The van der Waals surface area contributed by atoms with Crippen molar-refractivity contribution in [1.29, 1.82) is 0 Å². The van der Waals surface area contributed by atoms with Gasteiger partial charge in [-0.05, 0) is 50.2 Å². The number of fused-ring (bicyclic) bond motifs is 1. The number of hydrogen-bond donors (Lipinski definition) is 1. The molecule has 6 nitrogen and oxygen atoms in total. The summed E-state index contributed by atoms with van der Waals surface area (Å²) in [7, 11) is 1.66. The molecule has 138 valence electrons. The van der Waals surface area contributed by atoms with Crippen LogP contribution in [-0.2, 0) is 0 Å². The first-order valence-electron chi connectivity index (χ1n) is 8.65. The molecule has 0 spiro atoms. The standard InChI is InChI=1S/C20H20N4O2S/c1-13(2)26-17-6-4-5-15(11-17)19-21-22-20-24(19)23-18(12-27-20)14-7-9-16(25-3)10-8-14/h4-13,23H,1-3H3. The van der Waals surface area contributed by atoms with E-state index in [1.165, 1.54) is 11.8 Å². The number of aromatic nitrogens is 3. The molecular formula is C20H20N4O2S. The van der Waals surface area contributed by atoms with Gasteiger partial charge >= 0.3 is 0 Å². The van der Waals surface area contributed by atoms with Crippen LogP contribution in [-0.4, -0.2) is 28.1 Å². The monoisotopic (exact) mass is 380 g/mol. The van der Waals surface area contributed by atoms with E-state index in [4.69, 9.17) is 9.47 Å².